The average molecular weight is 254 g/mol. The lowest BCUT2D eigenvalue weighted by atomic mass is 10.0. The van der Waals surface area contributed by atoms with Crippen LogP contribution < -0.4 is 0 Å². The molecule has 4 heteroatoms. The summed E-state index contributed by atoms with van der Waals surface area (Å²) in [6, 6.07) is 9.04. The van der Waals surface area contributed by atoms with Crippen molar-refractivity contribution >= 4 is 21.9 Å². The third-order valence-electron chi connectivity index (χ3n) is 1.84. The van der Waals surface area contributed by atoms with Crippen molar-refractivity contribution < 1.29 is 9.90 Å². The van der Waals surface area contributed by atoms with Crippen molar-refractivity contribution in [3.63, 3.8) is 0 Å². The molecule has 72 valence electrons. The maximum atomic E-state index is 10.6. The second kappa shape index (κ2) is 4.77. The van der Waals surface area contributed by atoms with Crippen LogP contribution in [-0.4, -0.2) is 11.1 Å². The molecular weight excluding hydrogens is 246 g/mol. The van der Waals surface area contributed by atoms with Gasteiger partial charge >= 0.3 is 5.97 Å². The molecule has 0 aromatic heterocycles. The van der Waals surface area contributed by atoms with E-state index in [1.54, 1.807) is 12.1 Å². The maximum Gasteiger partial charge on any atom is 0.321 e. The second-order valence-corrected chi connectivity index (χ2v) is 3.67. The molecule has 0 saturated carbocycles. The lowest BCUT2D eigenvalue weighted by molar-refractivity contribution is -0.139. The van der Waals surface area contributed by atoms with Gasteiger partial charge in [-0.2, -0.15) is 5.26 Å². The predicted molar refractivity (Wildman–Crippen MR) is 54.6 cm³/mol. The summed E-state index contributed by atoms with van der Waals surface area (Å²) in [7, 11) is 0. The molecule has 0 amide bonds. The molecule has 1 rings (SSSR count). The van der Waals surface area contributed by atoms with Crippen molar-refractivity contribution in [3.8, 4) is 6.07 Å². The van der Waals surface area contributed by atoms with Crippen molar-refractivity contribution in [1.29, 1.82) is 5.26 Å². The molecule has 0 radical (unpaired) electrons. The number of hydrogen-bond donors (Lipinski definition) is 1. The summed E-state index contributed by atoms with van der Waals surface area (Å²) < 4.78 is 0.835. The minimum atomic E-state index is -1.08. The van der Waals surface area contributed by atoms with E-state index >= 15 is 0 Å². The molecule has 1 aromatic carbocycles. The number of aliphatic carboxylic acids is 1. The Morgan fingerprint density at radius 2 is 2.21 bits per heavy atom. The van der Waals surface area contributed by atoms with Gasteiger partial charge in [-0.25, -0.2) is 0 Å². The van der Waals surface area contributed by atoms with Gasteiger partial charge in [-0.3, -0.25) is 4.79 Å². The van der Waals surface area contributed by atoms with Crippen molar-refractivity contribution in [2.24, 2.45) is 5.92 Å². The molecule has 0 bridgehead atoms. The molecule has 0 saturated heterocycles. The van der Waals surface area contributed by atoms with Gasteiger partial charge in [-0.15, -0.1) is 0 Å². The zero-order valence-corrected chi connectivity index (χ0v) is 8.86. The van der Waals surface area contributed by atoms with Crippen LogP contribution in [0.4, 0.5) is 0 Å². The summed E-state index contributed by atoms with van der Waals surface area (Å²) in [5.74, 6) is -2.06. The zero-order chi connectivity index (χ0) is 10.6. The molecule has 1 unspecified atom stereocenters. The highest BCUT2D eigenvalue weighted by atomic mass is 79.9. The lowest BCUT2D eigenvalue weighted by Gasteiger charge is -2.05. The van der Waals surface area contributed by atoms with Crippen LogP contribution in [0, 0.1) is 17.2 Å². The summed E-state index contributed by atoms with van der Waals surface area (Å²) in [5, 5.41) is 17.3. The Kier molecular flexibility index (Phi) is 3.66. The highest BCUT2D eigenvalue weighted by Crippen LogP contribution is 2.19. The van der Waals surface area contributed by atoms with Crippen LogP contribution in [0.15, 0.2) is 28.7 Å². The largest absolute Gasteiger partial charge is 0.480 e. The monoisotopic (exact) mass is 253 g/mol. The molecule has 3 nitrogen and oxygen atoms in total. The topological polar surface area (TPSA) is 61.1 Å². The number of hydrogen-bond acceptors (Lipinski definition) is 2. The molecule has 0 heterocycles. The van der Waals surface area contributed by atoms with Crippen LogP contribution in [-0.2, 0) is 11.2 Å². The second-order valence-electron chi connectivity index (χ2n) is 2.82. The Morgan fingerprint density at radius 3 is 2.71 bits per heavy atom. The van der Waals surface area contributed by atoms with Crippen molar-refractivity contribution in [1.82, 2.24) is 0 Å². The van der Waals surface area contributed by atoms with E-state index in [0.29, 0.717) is 0 Å². The molecule has 0 aliphatic rings. The SMILES string of the molecule is N#CC(Cc1ccccc1Br)C(=O)O. The van der Waals surface area contributed by atoms with Gasteiger partial charge in [-0.1, -0.05) is 34.1 Å². The van der Waals surface area contributed by atoms with Crippen LogP contribution in [0.1, 0.15) is 5.56 Å². The van der Waals surface area contributed by atoms with Crippen LogP contribution in [0.3, 0.4) is 0 Å². The molecule has 1 atom stereocenters. The molecule has 1 aromatic rings. The lowest BCUT2D eigenvalue weighted by Crippen LogP contribution is -2.14. The highest BCUT2D eigenvalue weighted by Gasteiger charge is 2.17. The minimum absolute atomic E-state index is 0.229. The molecule has 14 heavy (non-hydrogen) atoms. The van der Waals surface area contributed by atoms with E-state index in [2.05, 4.69) is 15.9 Å². The smallest absolute Gasteiger partial charge is 0.321 e. The van der Waals surface area contributed by atoms with Crippen LogP contribution in [0.5, 0.6) is 0 Å². The molecule has 0 fully saturated rings. The first-order chi connectivity index (χ1) is 6.65. The minimum Gasteiger partial charge on any atom is -0.480 e. The van der Waals surface area contributed by atoms with Crippen molar-refractivity contribution in [2.75, 3.05) is 0 Å². The Hall–Kier alpha value is -1.34. The first-order valence-corrected chi connectivity index (χ1v) is 4.80. The fraction of sp³-hybridized carbons (Fsp3) is 0.200. The number of carboxylic acids is 1. The molecule has 1 N–H and O–H groups in total. The average Bonchev–Trinajstić information content (AvgIpc) is 2.16. The van der Waals surface area contributed by atoms with Crippen LogP contribution in [0.2, 0.25) is 0 Å². The third kappa shape index (κ3) is 2.57. The number of nitriles is 1. The fourth-order valence-corrected chi connectivity index (χ4v) is 1.52. The van der Waals surface area contributed by atoms with E-state index < -0.39 is 11.9 Å². The Bertz CT molecular complexity index is 384. The number of halogens is 1. The van der Waals surface area contributed by atoms with E-state index in [4.69, 9.17) is 10.4 Å². The Balaban J connectivity index is 2.84. The first kappa shape index (κ1) is 10.7. The van der Waals surface area contributed by atoms with Crippen molar-refractivity contribution in [2.45, 2.75) is 6.42 Å². The number of carbonyl (C=O) groups is 1. The predicted octanol–water partition coefficient (Wildman–Crippen LogP) is 2.22. The molecule has 0 aliphatic carbocycles. The van der Waals surface area contributed by atoms with E-state index in [1.165, 1.54) is 0 Å². The third-order valence-corrected chi connectivity index (χ3v) is 2.61. The van der Waals surface area contributed by atoms with E-state index in [0.717, 1.165) is 10.0 Å². The summed E-state index contributed by atoms with van der Waals surface area (Å²) >= 11 is 3.30. The summed E-state index contributed by atoms with van der Waals surface area (Å²) in [6.45, 7) is 0. The normalized spacial score (nSPS) is 11.7. The van der Waals surface area contributed by atoms with Gasteiger partial charge in [0.1, 0.15) is 5.92 Å². The number of benzene rings is 1. The maximum absolute atomic E-state index is 10.6. The first-order valence-electron chi connectivity index (χ1n) is 4.01. The number of nitrogens with zero attached hydrogens (tertiary/aromatic N) is 1. The highest BCUT2D eigenvalue weighted by molar-refractivity contribution is 9.10. The summed E-state index contributed by atoms with van der Waals surface area (Å²) in [5.41, 5.74) is 0.835. The zero-order valence-electron chi connectivity index (χ0n) is 7.27. The number of carboxylic acid groups (broad SMARTS) is 1. The van der Waals surface area contributed by atoms with Gasteiger partial charge in [0.25, 0.3) is 0 Å². The van der Waals surface area contributed by atoms with E-state index in [9.17, 15) is 4.79 Å². The molecular formula is C10H8BrNO2. The van der Waals surface area contributed by atoms with Crippen LogP contribution >= 0.6 is 15.9 Å². The Labute approximate surface area is 90.1 Å². The quantitative estimate of drug-likeness (QED) is 0.899. The van der Waals surface area contributed by atoms with E-state index in [-0.39, 0.29) is 6.42 Å². The molecule has 0 aliphatic heterocycles. The summed E-state index contributed by atoms with van der Waals surface area (Å²) in [6.07, 6.45) is 0.229. The standard InChI is InChI=1S/C10H8BrNO2/c11-9-4-2-1-3-7(9)5-8(6-12)10(13)14/h1-4,8H,5H2,(H,13,14). The fourth-order valence-electron chi connectivity index (χ4n) is 1.07. The van der Waals surface area contributed by atoms with Gasteiger partial charge < -0.3 is 5.11 Å². The van der Waals surface area contributed by atoms with Gasteiger partial charge in [-0.05, 0) is 18.1 Å². The van der Waals surface area contributed by atoms with Crippen LogP contribution in [0.25, 0.3) is 0 Å². The van der Waals surface area contributed by atoms with Gasteiger partial charge in [0, 0.05) is 4.47 Å². The Morgan fingerprint density at radius 1 is 1.57 bits per heavy atom. The van der Waals surface area contributed by atoms with Crippen molar-refractivity contribution in [3.05, 3.63) is 34.3 Å². The number of rotatable bonds is 3. The van der Waals surface area contributed by atoms with Gasteiger partial charge in [0.2, 0.25) is 0 Å². The summed E-state index contributed by atoms with van der Waals surface area (Å²) in [4.78, 5) is 10.6. The van der Waals surface area contributed by atoms with Gasteiger partial charge in [0.15, 0.2) is 0 Å². The molecule has 0 spiro atoms. The van der Waals surface area contributed by atoms with Gasteiger partial charge in [0.05, 0.1) is 6.07 Å². The van der Waals surface area contributed by atoms with E-state index in [1.807, 2.05) is 18.2 Å².